The van der Waals surface area contributed by atoms with Crippen molar-refractivity contribution in [1.29, 1.82) is 0 Å². The zero-order chi connectivity index (χ0) is 23.0. The molecule has 0 aromatic heterocycles. The normalized spacial score (nSPS) is 15.1. The minimum absolute atomic E-state index is 0.148. The lowest BCUT2D eigenvalue weighted by Gasteiger charge is -2.20. The molecule has 11 nitrogen and oxygen atoms in total. The number of carboxylic acid groups (broad SMARTS) is 1. The van der Waals surface area contributed by atoms with Gasteiger partial charge in [0.15, 0.2) is 6.10 Å². The standard InChI is InChI=1S/C18H34NO10P/c1-3-5-7-9-16(20)26-11-14(29-17(21)10-8-6-4-2)12-27-30(24,25)28-13-15(19)18(22)23/h14-15H,3-13,19H2,1-2H3,(H,22,23)(H,24,25)/t14?,15-/m0/s1. The van der Waals surface area contributed by atoms with Crippen molar-refractivity contribution in [2.24, 2.45) is 5.73 Å². The summed E-state index contributed by atoms with van der Waals surface area (Å²) in [5.74, 6) is -2.45. The van der Waals surface area contributed by atoms with Crippen molar-refractivity contribution < 1.29 is 47.5 Å². The number of phosphoric ester groups is 1. The summed E-state index contributed by atoms with van der Waals surface area (Å²) in [5, 5.41) is 8.66. The Morgan fingerprint density at radius 2 is 1.43 bits per heavy atom. The van der Waals surface area contributed by atoms with Gasteiger partial charge in [-0.15, -0.1) is 0 Å². The summed E-state index contributed by atoms with van der Waals surface area (Å²) in [6, 6.07) is -1.51. The maximum atomic E-state index is 11.9. The minimum atomic E-state index is -4.65. The number of phosphoric acid groups is 1. The van der Waals surface area contributed by atoms with Crippen LogP contribution in [-0.4, -0.2) is 59.9 Å². The number of aliphatic carboxylic acids is 1. The van der Waals surface area contributed by atoms with E-state index in [9.17, 15) is 23.8 Å². The van der Waals surface area contributed by atoms with E-state index in [1.54, 1.807) is 0 Å². The predicted molar refractivity (Wildman–Crippen MR) is 106 cm³/mol. The number of carbonyl (C=O) groups is 3. The second kappa shape index (κ2) is 16.2. The maximum Gasteiger partial charge on any atom is 0.472 e. The Hall–Kier alpha value is -1.52. The number of nitrogens with two attached hydrogens (primary N) is 1. The fourth-order valence-electron chi connectivity index (χ4n) is 2.12. The molecule has 0 saturated heterocycles. The first kappa shape index (κ1) is 28.5. The molecule has 3 atom stereocenters. The molecule has 0 radical (unpaired) electrons. The lowest BCUT2D eigenvalue weighted by molar-refractivity contribution is -0.161. The van der Waals surface area contributed by atoms with Gasteiger partial charge in [-0.05, 0) is 12.8 Å². The molecule has 0 aliphatic rings. The Bertz CT molecular complexity index is 571. The molecule has 176 valence electrons. The lowest BCUT2D eigenvalue weighted by atomic mass is 10.2. The molecular weight excluding hydrogens is 421 g/mol. The van der Waals surface area contributed by atoms with E-state index in [1.807, 2.05) is 13.8 Å². The Balaban J connectivity index is 4.68. The number of carboxylic acids is 1. The van der Waals surface area contributed by atoms with Gasteiger partial charge in [-0.25, -0.2) is 4.57 Å². The monoisotopic (exact) mass is 455 g/mol. The van der Waals surface area contributed by atoms with E-state index in [4.69, 9.17) is 24.8 Å². The summed E-state index contributed by atoms with van der Waals surface area (Å²) >= 11 is 0. The molecule has 0 aromatic rings. The highest BCUT2D eigenvalue weighted by Crippen LogP contribution is 2.43. The summed E-state index contributed by atoms with van der Waals surface area (Å²) < 4.78 is 31.4. The van der Waals surface area contributed by atoms with Crippen LogP contribution in [0.5, 0.6) is 0 Å². The molecule has 0 aliphatic carbocycles. The number of hydrogen-bond donors (Lipinski definition) is 3. The molecule has 0 heterocycles. The van der Waals surface area contributed by atoms with Crippen LogP contribution in [0.1, 0.15) is 65.2 Å². The first-order chi connectivity index (χ1) is 14.1. The number of esters is 2. The molecule has 0 bridgehead atoms. The molecule has 30 heavy (non-hydrogen) atoms. The summed E-state index contributed by atoms with van der Waals surface area (Å²) in [5.41, 5.74) is 5.20. The van der Waals surface area contributed by atoms with Gasteiger partial charge >= 0.3 is 25.7 Å². The third-order valence-corrected chi connectivity index (χ3v) is 4.81. The zero-order valence-electron chi connectivity index (χ0n) is 17.6. The fourth-order valence-corrected chi connectivity index (χ4v) is 2.90. The number of rotatable bonds is 18. The second-order valence-electron chi connectivity index (χ2n) is 6.71. The number of ether oxygens (including phenoxy) is 2. The highest BCUT2D eigenvalue weighted by atomic mass is 31.2. The van der Waals surface area contributed by atoms with Crippen LogP contribution in [0.3, 0.4) is 0 Å². The summed E-state index contributed by atoms with van der Waals surface area (Å²) in [6.07, 6.45) is 4.09. The molecule has 0 aromatic carbocycles. The second-order valence-corrected chi connectivity index (χ2v) is 8.17. The van der Waals surface area contributed by atoms with Crippen molar-refractivity contribution in [3.05, 3.63) is 0 Å². The summed E-state index contributed by atoms with van der Waals surface area (Å²) in [4.78, 5) is 44.0. The summed E-state index contributed by atoms with van der Waals surface area (Å²) in [6.45, 7) is 2.29. The Morgan fingerprint density at radius 3 is 1.97 bits per heavy atom. The molecule has 0 amide bonds. The quantitative estimate of drug-likeness (QED) is 0.157. The van der Waals surface area contributed by atoms with Gasteiger partial charge in [0.05, 0.1) is 13.2 Å². The van der Waals surface area contributed by atoms with Gasteiger partial charge in [-0.2, -0.15) is 0 Å². The number of hydrogen-bond acceptors (Lipinski definition) is 9. The number of unbranched alkanes of at least 4 members (excludes halogenated alkanes) is 4. The predicted octanol–water partition coefficient (Wildman–Crippen LogP) is 2.15. The smallest absolute Gasteiger partial charge is 0.472 e. The van der Waals surface area contributed by atoms with E-state index in [2.05, 4.69) is 4.52 Å². The topological polar surface area (TPSA) is 172 Å². The van der Waals surface area contributed by atoms with Gasteiger partial charge in [0.1, 0.15) is 12.6 Å². The molecule has 0 aliphatic heterocycles. The van der Waals surface area contributed by atoms with Crippen LogP contribution >= 0.6 is 7.82 Å². The van der Waals surface area contributed by atoms with Gasteiger partial charge in [0.25, 0.3) is 0 Å². The molecule has 0 fully saturated rings. The van der Waals surface area contributed by atoms with Crippen LogP contribution in [0.2, 0.25) is 0 Å². The fraction of sp³-hybridized carbons (Fsp3) is 0.833. The van der Waals surface area contributed by atoms with Crippen LogP contribution in [0.4, 0.5) is 0 Å². The van der Waals surface area contributed by atoms with Crippen molar-refractivity contribution in [3.63, 3.8) is 0 Å². The van der Waals surface area contributed by atoms with Gasteiger partial charge in [-0.3, -0.25) is 23.4 Å². The molecule has 12 heteroatoms. The van der Waals surface area contributed by atoms with Gasteiger partial charge in [0.2, 0.25) is 0 Å². The van der Waals surface area contributed by atoms with Gasteiger partial charge in [0, 0.05) is 12.8 Å². The van der Waals surface area contributed by atoms with Crippen molar-refractivity contribution in [2.75, 3.05) is 19.8 Å². The highest BCUT2D eigenvalue weighted by Gasteiger charge is 2.28. The molecular formula is C18H34NO10P. The van der Waals surface area contributed by atoms with Crippen LogP contribution in [0, 0.1) is 0 Å². The van der Waals surface area contributed by atoms with E-state index >= 15 is 0 Å². The van der Waals surface area contributed by atoms with Crippen molar-refractivity contribution >= 4 is 25.7 Å². The minimum Gasteiger partial charge on any atom is -0.480 e. The summed E-state index contributed by atoms with van der Waals surface area (Å²) in [7, 11) is -4.65. The van der Waals surface area contributed by atoms with E-state index in [1.165, 1.54) is 0 Å². The highest BCUT2D eigenvalue weighted by molar-refractivity contribution is 7.47. The molecule has 0 spiro atoms. The third kappa shape index (κ3) is 15.3. The lowest BCUT2D eigenvalue weighted by Crippen LogP contribution is -2.34. The van der Waals surface area contributed by atoms with Crippen LogP contribution in [0.15, 0.2) is 0 Å². The van der Waals surface area contributed by atoms with E-state index in [-0.39, 0.29) is 19.4 Å². The Kier molecular flexibility index (Phi) is 15.4. The Labute approximate surface area is 176 Å². The molecule has 4 N–H and O–H groups in total. The molecule has 0 rings (SSSR count). The van der Waals surface area contributed by atoms with Gasteiger partial charge in [-0.1, -0.05) is 39.5 Å². The first-order valence-electron chi connectivity index (χ1n) is 10.1. The average molecular weight is 455 g/mol. The SMILES string of the molecule is CCCCCC(=O)OCC(COP(=O)(O)OC[C@H](N)C(=O)O)OC(=O)CCCCC. The van der Waals surface area contributed by atoms with Crippen LogP contribution in [0.25, 0.3) is 0 Å². The molecule has 0 saturated carbocycles. The van der Waals surface area contributed by atoms with Crippen molar-refractivity contribution in [1.82, 2.24) is 0 Å². The average Bonchev–Trinajstić information content (AvgIpc) is 2.68. The van der Waals surface area contributed by atoms with Gasteiger partial charge < -0.3 is 25.2 Å². The van der Waals surface area contributed by atoms with Crippen molar-refractivity contribution in [2.45, 2.75) is 77.4 Å². The third-order valence-electron chi connectivity index (χ3n) is 3.86. The maximum absolute atomic E-state index is 11.9. The largest absolute Gasteiger partial charge is 0.480 e. The Morgan fingerprint density at radius 1 is 0.900 bits per heavy atom. The molecule has 2 unspecified atom stereocenters. The first-order valence-corrected chi connectivity index (χ1v) is 11.6. The van der Waals surface area contributed by atoms with Crippen molar-refractivity contribution in [3.8, 4) is 0 Å². The van der Waals surface area contributed by atoms with E-state index < -0.39 is 51.1 Å². The van der Waals surface area contributed by atoms with E-state index in [0.717, 1.165) is 25.7 Å². The van der Waals surface area contributed by atoms with E-state index in [0.29, 0.717) is 12.8 Å². The van der Waals surface area contributed by atoms with Crippen LogP contribution < -0.4 is 5.73 Å². The van der Waals surface area contributed by atoms with Crippen LogP contribution in [-0.2, 0) is 37.5 Å². The zero-order valence-corrected chi connectivity index (χ0v) is 18.5. The number of carbonyl (C=O) groups excluding carboxylic acids is 2.